The predicted molar refractivity (Wildman–Crippen MR) is 42.6 cm³/mol. The van der Waals surface area contributed by atoms with Crippen LogP contribution in [0.3, 0.4) is 0 Å². The van der Waals surface area contributed by atoms with Gasteiger partial charge in [-0.25, -0.2) is 0 Å². The van der Waals surface area contributed by atoms with Gasteiger partial charge in [0.1, 0.15) is 0 Å². The maximum Gasteiger partial charge on any atom is 0.0449 e. The Bertz CT molecular complexity index is 105. The highest BCUT2D eigenvalue weighted by Gasteiger charge is 2.33. The Morgan fingerprint density at radius 3 is 1.70 bits per heavy atom. The monoisotopic (exact) mass is 146 g/mol. The van der Waals surface area contributed by atoms with Crippen molar-refractivity contribution in [1.29, 1.82) is 0 Å². The molecule has 62 valence electrons. The van der Waals surface area contributed by atoms with Gasteiger partial charge in [0.15, 0.2) is 0 Å². The molecule has 0 aromatic carbocycles. The summed E-state index contributed by atoms with van der Waals surface area (Å²) in [7, 11) is 0. The van der Waals surface area contributed by atoms with E-state index in [4.69, 9.17) is 16.6 Å². The summed E-state index contributed by atoms with van der Waals surface area (Å²) in [5.41, 5.74) is 10.7. The second-order valence-corrected chi connectivity index (χ2v) is 3.61. The van der Waals surface area contributed by atoms with E-state index < -0.39 is 11.1 Å². The topological polar surface area (TPSA) is 72.3 Å². The van der Waals surface area contributed by atoms with E-state index in [1.807, 2.05) is 20.8 Å². The summed E-state index contributed by atoms with van der Waals surface area (Å²) >= 11 is 0. The number of aliphatic hydroxyl groups excluding tert-OH is 1. The largest absolute Gasteiger partial charge is 0.396 e. The van der Waals surface area contributed by atoms with Crippen molar-refractivity contribution in [3.05, 3.63) is 0 Å². The van der Waals surface area contributed by atoms with Crippen LogP contribution in [-0.2, 0) is 0 Å². The molecule has 0 spiro atoms. The van der Waals surface area contributed by atoms with Crippen molar-refractivity contribution in [2.24, 2.45) is 11.5 Å². The zero-order valence-corrected chi connectivity index (χ0v) is 7.02. The van der Waals surface area contributed by atoms with Crippen LogP contribution in [0.15, 0.2) is 0 Å². The van der Waals surface area contributed by atoms with Crippen molar-refractivity contribution in [1.82, 2.24) is 0 Å². The summed E-state index contributed by atoms with van der Waals surface area (Å²) < 4.78 is 0. The molecule has 0 radical (unpaired) electrons. The van der Waals surface area contributed by atoms with Crippen LogP contribution in [0.4, 0.5) is 0 Å². The summed E-state index contributed by atoms with van der Waals surface area (Å²) in [4.78, 5) is 0. The Labute approximate surface area is 62.4 Å². The Kier molecular flexibility index (Phi) is 2.83. The summed E-state index contributed by atoms with van der Waals surface area (Å²) in [5, 5.41) is 8.63. The zero-order valence-electron chi connectivity index (χ0n) is 7.02. The maximum absolute atomic E-state index is 8.63. The van der Waals surface area contributed by atoms with Crippen LogP contribution in [0.5, 0.6) is 0 Å². The van der Waals surface area contributed by atoms with E-state index in [1.54, 1.807) is 0 Å². The average molecular weight is 146 g/mol. The summed E-state index contributed by atoms with van der Waals surface area (Å²) in [5.74, 6) is 0. The van der Waals surface area contributed by atoms with E-state index in [-0.39, 0.29) is 6.61 Å². The maximum atomic E-state index is 8.63. The van der Waals surface area contributed by atoms with Gasteiger partial charge < -0.3 is 16.6 Å². The van der Waals surface area contributed by atoms with Crippen LogP contribution in [0.2, 0.25) is 0 Å². The molecule has 0 aliphatic heterocycles. The second kappa shape index (κ2) is 2.86. The quantitative estimate of drug-likeness (QED) is 0.517. The minimum atomic E-state index is -0.484. The first-order valence-corrected chi connectivity index (χ1v) is 3.50. The van der Waals surface area contributed by atoms with Crippen LogP contribution in [0, 0.1) is 0 Å². The smallest absolute Gasteiger partial charge is 0.0449 e. The molecule has 0 aliphatic rings. The molecule has 3 nitrogen and oxygen atoms in total. The molecule has 5 N–H and O–H groups in total. The molecule has 0 rings (SSSR count). The fourth-order valence-electron chi connectivity index (χ4n) is 0.554. The highest BCUT2D eigenvalue weighted by atomic mass is 16.3. The van der Waals surface area contributed by atoms with Gasteiger partial charge in [0.2, 0.25) is 0 Å². The molecule has 0 amide bonds. The van der Waals surface area contributed by atoms with Gasteiger partial charge in [-0.1, -0.05) is 0 Å². The van der Waals surface area contributed by atoms with E-state index >= 15 is 0 Å². The molecule has 0 aliphatic carbocycles. The molecule has 0 saturated carbocycles. The molecule has 3 heteroatoms. The first kappa shape index (κ1) is 9.88. The van der Waals surface area contributed by atoms with Crippen molar-refractivity contribution >= 4 is 0 Å². The van der Waals surface area contributed by atoms with Crippen LogP contribution in [0.25, 0.3) is 0 Å². The Morgan fingerprint density at radius 2 is 1.60 bits per heavy atom. The third-order valence-electron chi connectivity index (χ3n) is 2.10. The molecule has 0 fully saturated rings. The fraction of sp³-hybridized carbons (Fsp3) is 1.00. The Morgan fingerprint density at radius 1 is 1.20 bits per heavy atom. The number of rotatable bonds is 3. The van der Waals surface area contributed by atoms with Crippen molar-refractivity contribution in [2.75, 3.05) is 6.61 Å². The molecule has 0 aromatic rings. The van der Waals surface area contributed by atoms with E-state index in [1.165, 1.54) is 0 Å². The van der Waals surface area contributed by atoms with E-state index in [9.17, 15) is 0 Å². The predicted octanol–water partition coefficient (Wildman–Crippen LogP) is -0.176. The minimum Gasteiger partial charge on any atom is -0.396 e. The standard InChI is InChI=1S/C7H18N2O/c1-6(2,8)7(3,9)4-5-10/h10H,4-5,8-9H2,1-3H3. The van der Waals surface area contributed by atoms with Gasteiger partial charge in [0.25, 0.3) is 0 Å². The summed E-state index contributed by atoms with van der Waals surface area (Å²) in [6, 6.07) is 0. The van der Waals surface area contributed by atoms with Gasteiger partial charge in [-0.15, -0.1) is 0 Å². The number of aliphatic hydroxyl groups is 1. The highest BCUT2D eigenvalue weighted by molar-refractivity contribution is 4.97. The number of nitrogens with two attached hydrogens (primary N) is 2. The number of hydrogen-bond acceptors (Lipinski definition) is 3. The van der Waals surface area contributed by atoms with E-state index in [0.717, 1.165) is 0 Å². The lowest BCUT2D eigenvalue weighted by molar-refractivity contribution is 0.194. The lowest BCUT2D eigenvalue weighted by Crippen LogP contribution is -2.60. The third kappa shape index (κ3) is 2.25. The summed E-state index contributed by atoms with van der Waals surface area (Å²) in [6.45, 7) is 5.67. The molecule has 0 heterocycles. The molecule has 10 heavy (non-hydrogen) atoms. The van der Waals surface area contributed by atoms with Crippen LogP contribution >= 0.6 is 0 Å². The molecular formula is C7H18N2O. The van der Waals surface area contributed by atoms with Gasteiger partial charge in [-0.05, 0) is 27.2 Å². The average Bonchev–Trinajstić information content (AvgIpc) is 1.61. The normalized spacial score (nSPS) is 18.6. The lowest BCUT2D eigenvalue weighted by Gasteiger charge is -2.37. The second-order valence-electron chi connectivity index (χ2n) is 3.61. The van der Waals surface area contributed by atoms with Gasteiger partial charge in [0, 0.05) is 17.7 Å². The molecule has 0 bridgehead atoms. The van der Waals surface area contributed by atoms with Crippen LogP contribution in [0.1, 0.15) is 27.2 Å². The molecule has 0 aromatic heterocycles. The van der Waals surface area contributed by atoms with Gasteiger partial charge >= 0.3 is 0 Å². The minimum absolute atomic E-state index is 0.0909. The Hall–Kier alpha value is -0.120. The highest BCUT2D eigenvalue weighted by Crippen LogP contribution is 2.18. The van der Waals surface area contributed by atoms with Crippen molar-refractivity contribution in [3.63, 3.8) is 0 Å². The van der Waals surface area contributed by atoms with E-state index in [0.29, 0.717) is 6.42 Å². The lowest BCUT2D eigenvalue weighted by atomic mass is 9.80. The van der Waals surface area contributed by atoms with E-state index in [2.05, 4.69) is 0 Å². The van der Waals surface area contributed by atoms with Crippen LogP contribution < -0.4 is 11.5 Å². The molecule has 1 unspecified atom stereocenters. The van der Waals surface area contributed by atoms with Gasteiger partial charge in [-0.2, -0.15) is 0 Å². The van der Waals surface area contributed by atoms with Crippen molar-refractivity contribution in [2.45, 2.75) is 38.3 Å². The molecule has 1 atom stereocenters. The Balaban J connectivity index is 4.10. The van der Waals surface area contributed by atoms with Crippen molar-refractivity contribution < 1.29 is 5.11 Å². The summed E-state index contributed by atoms with van der Waals surface area (Å²) in [6.07, 6.45) is 0.538. The van der Waals surface area contributed by atoms with Gasteiger partial charge in [0.05, 0.1) is 0 Å². The van der Waals surface area contributed by atoms with Gasteiger partial charge in [-0.3, -0.25) is 0 Å². The first-order valence-electron chi connectivity index (χ1n) is 3.50. The first-order chi connectivity index (χ1) is 4.31. The molecule has 0 saturated heterocycles. The molecular weight excluding hydrogens is 128 g/mol. The van der Waals surface area contributed by atoms with Crippen LogP contribution in [-0.4, -0.2) is 22.8 Å². The van der Waals surface area contributed by atoms with Crippen molar-refractivity contribution in [3.8, 4) is 0 Å². The number of hydrogen-bond donors (Lipinski definition) is 3. The zero-order chi connectivity index (χ0) is 8.41. The SMILES string of the molecule is CC(C)(N)C(C)(N)CCO. The third-order valence-corrected chi connectivity index (χ3v) is 2.10. The fourth-order valence-corrected chi connectivity index (χ4v) is 0.554.